The van der Waals surface area contributed by atoms with E-state index in [9.17, 15) is 31.2 Å². The Kier molecular flexibility index (Phi) is 7.21. The minimum absolute atomic E-state index is 0.0702. The maximum Gasteiger partial charge on any atom is 0.418 e. The van der Waals surface area contributed by atoms with Crippen molar-refractivity contribution >= 4 is 27.6 Å². The number of hydrogen-bond acceptors (Lipinski definition) is 5. The number of anilines is 1. The third-order valence-corrected chi connectivity index (χ3v) is 5.45. The molecule has 2 N–H and O–H groups in total. The van der Waals surface area contributed by atoms with E-state index in [4.69, 9.17) is 4.74 Å². The largest absolute Gasteiger partial charge is 0.451 e. The lowest BCUT2D eigenvalue weighted by Crippen LogP contribution is -2.42. The molecule has 2 aromatic carbocycles. The number of nitrogens with one attached hydrogen (secondary N) is 2. The number of para-hydroxylation sites is 1. The summed E-state index contributed by atoms with van der Waals surface area (Å²) in [5, 5.41) is 2.06. The average molecular weight is 444 g/mol. The molecular formula is C19H19F3N2O5S. The summed E-state index contributed by atoms with van der Waals surface area (Å²) in [7, 11) is -4.01. The highest BCUT2D eigenvalue weighted by atomic mass is 32.2. The Morgan fingerprint density at radius 1 is 0.967 bits per heavy atom. The second-order valence-electron chi connectivity index (χ2n) is 6.27. The molecule has 0 fully saturated rings. The average Bonchev–Trinajstić information content (AvgIpc) is 2.67. The van der Waals surface area contributed by atoms with E-state index in [0.717, 1.165) is 19.1 Å². The van der Waals surface area contributed by atoms with Gasteiger partial charge in [-0.3, -0.25) is 9.59 Å². The van der Waals surface area contributed by atoms with Gasteiger partial charge in [-0.25, -0.2) is 8.42 Å². The quantitative estimate of drug-likeness (QED) is 0.640. The smallest absolute Gasteiger partial charge is 0.418 e. The molecule has 0 aromatic heterocycles. The molecule has 1 amide bonds. The van der Waals surface area contributed by atoms with E-state index in [2.05, 4.69) is 10.0 Å². The predicted molar refractivity (Wildman–Crippen MR) is 102 cm³/mol. The SMILES string of the molecule is C[C@H](OC(=O)[C@@H](C)NS(=O)(=O)c1ccccc1)C(=O)Nc1ccccc1C(F)(F)F. The van der Waals surface area contributed by atoms with Gasteiger partial charge in [0, 0.05) is 0 Å². The van der Waals surface area contributed by atoms with Gasteiger partial charge in [-0.2, -0.15) is 17.9 Å². The van der Waals surface area contributed by atoms with Crippen LogP contribution in [0.1, 0.15) is 19.4 Å². The van der Waals surface area contributed by atoms with E-state index in [0.29, 0.717) is 0 Å². The van der Waals surface area contributed by atoms with Crippen molar-refractivity contribution in [3.8, 4) is 0 Å². The molecule has 0 aliphatic rings. The Labute approximate surface area is 171 Å². The number of benzene rings is 2. The maximum absolute atomic E-state index is 13.0. The van der Waals surface area contributed by atoms with Crippen molar-refractivity contribution in [3.05, 3.63) is 60.2 Å². The molecule has 0 aliphatic heterocycles. The Morgan fingerprint density at radius 2 is 1.53 bits per heavy atom. The number of halogens is 3. The molecule has 0 saturated heterocycles. The van der Waals surface area contributed by atoms with Crippen LogP contribution >= 0.6 is 0 Å². The van der Waals surface area contributed by atoms with Gasteiger partial charge in [0.2, 0.25) is 10.0 Å². The fourth-order valence-electron chi connectivity index (χ4n) is 2.35. The number of ether oxygens (including phenoxy) is 1. The molecule has 0 spiro atoms. The van der Waals surface area contributed by atoms with Crippen LogP contribution < -0.4 is 10.0 Å². The molecule has 0 unspecified atom stereocenters. The van der Waals surface area contributed by atoms with Gasteiger partial charge < -0.3 is 10.1 Å². The topological polar surface area (TPSA) is 102 Å². The van der Waals surface area contributed by atoms with Crippen LogP contribution in [0.4, 0.5) is 18.9 Å². The monoisotopic (exact) mass is 444 g/mol. The maximum atomic E-state index is 13.0. The summed E-state index contributed by atoms with van der Waals surface area (Å²) in [5.41, 5.74) is -1.54. The first-order valence-electron chi connectivity index (χ1n) is 8.67. The molecular weight excluding hydrogens is 425 g/mol. The van der Waals surface area contributed by atoms with E-state index in [1.807, 2.05) is 0 Å². The highest BCUT2D eigenvalue weighted by Crippen LogP contribution is 2.34. The zero-order valence-corrected chi connectivity index (χ0v) is 16.8. The highest BCUT2D eigenvalue weighted by Gasteiger charge is 2.34. The molecule has 0 radical (unpaired) electrons. The normalized spacial score (nSPS) is 13.9. The van der Waals surface area contributed by atoms with Crippen LogP contribution in [0.25, 0.3) is 0 Å². The summed E-state index contributed by atoms with van der Waals surface area (Å²) in [4.78, 5) is 24.2. The fraction of sp³-hybridized carbons (Fsp3) is 0.263. The number of sulfonamides is 1. The first-order valence-corrected chi connectivity index (χ1v) is 10.1. The molecule has 0 heterocycles. The van der Waals surface area contributed by atoms with Gasteiger partial charge in [0.15, 0.2) is 6.10 Å². The first kappa shape index (κ1) is 23.4. The minimum atomic E-state index is -4.69. The van der Waals surface area contributed by atoms with Crippen molar-refractivity contribution in [1.82, 2.24) is 4.72 Å². The number of esters is 1. The van der Waals surface area contributed by atoms with E-state index in [1.165, 1.54) is 43.3 Å². The van der Waals surface area contributed by atoms with Crippen LogP contribution in [0, 0.1) is 0 Å². The summed E-state index contributed by atoms with van der Waals surface area (Å²) in [6.45, 7) is 2.37. The van der Waals surface area contributed by atoms with Gasteiger partial charge in [0.05, 0.1) is 16.1 Å². The number of carbonyl (C=O) groups excluding carboxylic acids is 2. The Balaban J connectivity index is 2.01. The second-order valence-corrected chi connectivity index (χ2v) is 7.98. The Morgan fingerprint density at radius 3 is 2.13 bits per heavy atom. The zero-order valence-electron chi connectivity index (χ0n) is 15.9. The van der Waals surface area contributed by atoms with Crippen molar-refractivity contribution in [2.45, 2.75) is 37.1 Å². The summed E-state index contributed by atoms with van der Waals surface area (Å²) in [5.74, 6) is -2.07. The van der Waals surface area contributed by atoms with Gasteiger partial charge in [-0.1, -0.05) is 30.3 Å². The summed E-state index contributed by atoms with van der Waals surface area (Å²) >= 11 is 0. The van der Waals surface area contributed by atoms with Crippen LogP contribution in [0.3, 0.4) is 0 Å². The zero-order chi connectivity index (χ0) is 22.5. The number of rotatable bonds is 7. The van der Waals surface area contributed by atoms with Gasteiger partial charge in [-0.05, 0) is 38.1 Å². The van der Waals surface area contributed by atoms with Crippen LogP contribution in [0.15, 0.2) is 59.5 Å². The second kappa shape index (κ2) is 9.26. The van der Waals surface area contributed by atoms with Gasteiger partial charge in [0.1, 0.15) is 6.04 Å². The molecule has 0 saturated carbocycles. The molecule has 2 atom stereocenters. The van der Waals surface area contributed by atoms with E-state index >= 15 is 0 Å². The molecule has 162 valence electrons. The van der Waals surface area contributed by atoms with Gasteiger partial charge in [0.25, 0.3) is 5.91 Å². The van der Waals surface area contributed by atoms with Crippen molar-refractivity contribution in [2.24, 2.45) is 0 Å². The third-order valence-electron chi connectivity index (χ3n) is 3.89. The van der Waals surface area contributed by atoms with Crippen molar-refractivity contribution in [2.75, 3.05) is 5.32 Å². The van der Waals surface area contributed by atoms with E-state index in [-0.39, 0.29) is 4.90 Å². The Hall–Kier alpha value is -2.92. The predicted octanol–water partition coefficient (Wildman–Crippen LogP) is 2.94. The summed E-state index contributed by atoms with van der Waals surface area (Å²) < 4.78 is 70.5. The van der Waals surface area contributed by atoms with Crippen LogP contribution in [0.2, 0.25) is 0 Å². The van der Waals surface area contributed by atoms with Crippen molar-refractivity contribution < 1.29 is 35.9 Å². The lowest BCUT2D eigenvalue weighted by Gasteiger charge is -2.19. The Bertz CT molecular complexity index is 1010. The minimum Gasteiger partial charge on any atom is -0.451 e. The molecule has 7 nitrogen and oxygen atoms in total. The first-order chi connectivity index (χ1) is 13.9. The number of hydrogen-bond donors (Lipinski definition) is 2. The summed E-state index contributed by atoms with van der Waals surface area (Å²) in [6.07, 6.45) is -6.16. The summed E-state index contributed by atoms with van der Waals surface area (Å²) in [6, 6.07) is 10.3. The number of carbonyl (C=O) groups is 2. The molecule has 11 heteroatoms. The van der Waals surface area contributed by atoms with Crippen molar-refractivity contribution in [3.63, 3.8) is 0 Å². The van der Waals surface area contributed by atoms with E-state index in [1.54, 1.807) is 6.07 Å². The van der Waals surface area contributed by atoms with Crippen LogP contribution in [-0.4, -0.2) is 32.4 Å². The molecule has 2 aromatic rings. The fourth-order valence-corrected chi connectivity index (χ4v) is 3.57. The molecule has 0 aliphatic carbocycles. The van der Waals surface area contributed by atoms with E-state index < -0.39 is 51.5 Å². The third kappa shape index (κ3) is 6.04. The highest BCUT2D eigenvalue weighted by molar-refractivity contribution is 7.89. The molecule has 0 bridgehead atoms. The molecule has 2 rings (SSSR count). The lowest BCUT2D eigenvalue weighted by molar-refractivity contribution is -0.154. The van der Waals surface area contributed by atoms with Crippen molar-refractivity contribution in [1.29, 1.82) is 0 Å². The van der Waals surface area contributed by atoms with Crippen LogP contribution in [-0.2, 0) is 30.5 Å². The number of alkyl halides is 3. The standard InChI is InChI=1S/C19H19F3N2O5S/c1-12(24-30(27,28)14-8-4-3-5-9-14)18(26)29-13(2)17(25)23-16-11-7-6-10-15(16)19(20,21)22/h3-13,24H,1-2H3,(H,23,25)/t12-,13+/m1/s1. The lowest BCUT2D eigenvalue weighted by atomic mass is 10.1. The molecule has 30 heavy (non-hydrogen) atoms. The van der Waals surface area contributed by atoms with Gasteiger partial charge >= 0.3 is 12.1 Å². The van der Waals surface area contributed by atoms with Gasteiger partial charge in [-0.15, -0.1) is 0 Å². The number of amides is 1. The van der Waals surface area contributed by atoms with Crippen LogP contribution in [0.5, 0.6) is 0 Å².